The van der Waals surface area contributed by atoms with Crippen LogP contribution in [-0.4, -0.2) is 17.6 Å². The monoisotopic (exact) mass is 287 g/mol. The first-order valence-electron chi connectivity index (χ1n) is 6.80. The topological polar surface area (TPSA) is 84.2 Å². The summed E-state index contributed by atoms with van der Waals surface area (Å²) in [6.07, 6.45) is 5.12. The average Bonchev–Trinajstić information content (AvgIpc) is 2.50. The largest absolute Gasteiger partial charge is 0.421 e. The molecule has 2 heterocycles. The Kier molecular flexibility index (Phi) is 5.09. The number of urea groups is 1. The molecular formula is C15H17N3O3. The van der Waals surface area contributed by atoms with Crippen molar-refractivity contribution in [1.29, 1.82) is 0 Å². The van der Waals surface area contributed by atoms with Gasteiger partial charge in [0.1, 0.15) is 11.4 Å². The summed E-state index contributed by atoms with van der Waals surface area (Å²) in [5.74, 6) is 0.407. The highest BCUT2D eigenvalue weighted by atomic mass is 16.4. The summed E-state index contributed by atoms with van der Waals surface area (Å²) in [6, 6.07) is 6.27. The number of hydrogen-bond acceptors (Lipinski definition) is 4. The summed E-state index contributed by atoms with van der Waals surface area (Å²) in [5, 5.41) is 5.14. The fourth-order valence-corrected chi connectivity index (χ4v) is 1.72. The molecule has 2 rings (SSSR count). The molecule has 2 amide bonds. The maximum atomic E-state index is 11.8. The zero-order valence-electron chi connectivity index (χ0n) is 11.8. The van der Waals surface area contributed by atoms with Crippen LogP contribution in [0, 0.1) is 0 Å². The lowest BCUT2D eigenvalue weighted by Gasteiger charge is -2.06. The van der Waals surface area contributed by atoms with E-state index < -0.39 is 11.7 Å². The number of aromatic nitrogens is 1. The van der Waals surface area contributed by atoms with Gasteiger partial charge in [0.05, 0.1) is 0 Å². The van der Waals surface area contributed by atoms with Gasteiger partial charge >= 0.3 is 11.7 Å². The van der Waals surface area contributed by atoms with Gasteiger partial charge in [-0.1, -0.05) is 13.3 Å². The second-order valence-electron chi connectivity index (χ2n) is 4.48. The van der Waals surface area contributed by atoms with Gasteiger partial charge in [0.25, 0.3) is 0 Å². The molecule has 0 fully saturated rings. The maximum Gasteiger partial charge on any atom is 0.360 e. The standard InChI is InChI=1S/C15H17N3O3/c1-2-3-9-17-15(20)18-12-6-7-13(21-14(12)19)11-5-4-8-16-10-11/h4-8,10H,2-3,9H2,1H3,(H2,17,18,20). The van der Waals surface area contributed by atoms with Crippen LogP contribution < -0.4 is 16.3 Å². The normalized spacial score (nSPS) is 10.1. The smallest absolute Gasteiger partial charge is 0.360 e. The average molecular weight is 287 g/mol. The van der Waals surface area contributed by atoms with E-state index in [9.17, 15) is 9.59 Å². The van der Waals surface area contributed by atoms with E-state index in [4.69, 9.17) is 4.42 Å². The van der Waals surface area contributed by atoms with Crippen molar-refractivity contribution < 1.29 is 9.21 Å². The van der Waals surface area contributed by atoms with Crippen LogP contribution in [0.25, 0.3) is 11.3 Å². The van der Waals surface area contributed by atoms with Crippen LogP contribution in [0.3, 0.4) is 0 Å². The van der Waals surface area contributed by atoms with E-state index in [2.05, 4.69) is 15.6 Å². The van der Waals surface area contributed by atoms with Gasteiger partial charge < -0.3 is 15.1 Å². The minimum Gasteiger partial charge on any atom is -0.421 e. The highest BCUT2D eigenvalue weighted by Crippen LogP contribution is 2.17. The predicted octanol–water partition coefficient (Wildman–Crippen LogP) is 2.62. The number of pyridine rings is 1. The molecule has 6 nitrogen and oxygen atoms in total. The van der Waals surface area contributed by atoms with E-state index in [0.29, 0.717) is 17.9 Å². The molecule has 110 valence electrons. The number of hydrogen-bond donors (Lipinski definition) is 2. The number of carbonyl (C=O) groups excluding carboxylic acids is 1. The van der Waals surface area contributed by atoms with Crippen molar-refractivity contribution in [3.63, 3.8) is 0 Å². The molecule has 6 heteroatoms. The zero-order chi connectivity index (χ0) is 15.1. The molecule has 0 bridgehead atoms. The lowest BCUT2D eigenvalue weighted by atomic mass is 10.2. The first-order chi connectivity index (χ1) is 10.2. The molecule has 0 radical (unpaired) electrons. The Morgan fingerprint density at radius 2 is 2.19 bits per heavy atom. The van der Waals surface area contributed by atoms with Gasteiger partial charge in [-0.15, -0.1) is 0 Å². The van der Waals surface area contributed by atoms with Crippen LogP contribution >= 0.6 is 0 Å². The highest BCUT2D eigenvalue weighted by Gasteiger charge is 2.08. The number of anilines is 1. The minimum absolute atomic E-state index is 0.108. The van der Waals surface area contributed by atoms with Crippen LogP contribution in [0.1, 0.15) is 19.8 Å². The molecule has 2 N–H and O–H groups in total. The Bertz CT molecular complexity index is 653. The van der Waals surface area contributed by atoms with Crippen LogP contribution in [0.4, 0.5) is 10.5 Å². The van der Waals surface area contributed by atoms with E-state index in [1.165, 1.54) is 6.07 Å². The third-order valence-corrected chi connectivity index (χ3v) is 2.83. The molecule has 0 spiro atoms. The Labute approximate surface area is 122 Å². The van der Waals surface area contributed by atoms with E-state index in [1.807, 2.05) is 6.92 Å². The van der Waals surface area contributed by atoms with Gasteiger partial charge in [0.2, 0.25) is 0 Å². The number of nitrogens with one attached hydrogen (secondary N) is 2. The molecule has 0 atom stereocenters. The van der Waals surface area contributed by atoms with Gasteiger partial charge in [-0.2, -0.15) is 0 Å². The zero-order valence-corrected chi connectivity index (χ0v) is 11.8. The SMILES string of the molecule is CCCCNC(=O)Nc1ccc(-c2cccnc2)oc1=O. The second kappa shape index (κ2) is 7.23. The summed E-state index contributed by atoms with van der Waals surface area (Å²) in [4.78, 5) is 27.4. The summed E-state index contributed by atoms with van der Waals surface area (Å²) in [7, 11) is 0. The van der Waals surface area contributed by atoms with Crippen LogP contribution in [0.15, 0.2) is 45.9 Å². The van der Waals surface area contributed by atoms with E-state index >= 15 is 0 Å². The fourth-order valence-electron chi connectivity index (χ4n) is 1.72. The maximum absolute atomic E-state index is 11.8. The summed E-state index contributed by atoms with van der Waals surface area (Å²) in [6.45, 7) is 2.60. The summed E-state index contributed by atoms with van der Waals surface area (Å²) in [5.41, 5.74) is 0.215. The molecule has 0 saturated heterocycles. The quantitative estimate of drug-likeness (QED) is 0.828. The third kappa shape index (κ3) is 4.17. The van der Waals surface area contributed by atoms with Crippen molar-refractivity contribution in [3.8, 4) is 11.3 Å². The van der Waals surface area contributed by atoms with Crippen LogP contribution in [-0.2, 0) is 0 Å². The lowest BCUT2D eigenvalue weighted by molar-refractivity contribution is 0.252. The summed E-state index contributed by atoms with van der Waals surface area (Å²) < 4.78 is 5.18. The molecule has 2 aromatic rings. The number of nitrogens with zero attached hydrogens (tertiary/aromatic N) is 1. The Morgan fingerprint density at radius 1 is 1.33 bits per heavy atom. The number of unbranched alkanes of at least 4 members (excludes halogenated alkanes) is 1. The molecule has 2 aromatic heterocycles. The molecule has 0 unspecified atom stereocenters. The Morgan fingerprint density at radius 3 is 2.86 bits per heavy atom. The number of rotatable bonds is 5. The van der Waals surface area contributed by atoms with Crippen molar-refractivity contribution in [1.82, 2.24) is 10.3 Å². The van der Waals surface area contributed by atoms with Crippen molar-refractivity contribution in [2.45, 2.75) is 19.8 Å². The molecule has 0 aliphatic carbocycles. The van der Waals surface area contributed by atoms with Gasteiger partial charge in [0, 0.05) is 24.5 Å². The molecule has 0 aliphatic heterocycles. The van der Waals surface area contributed by atoms with Gasteiger partial charge in [0.15, 0.2) is 0 Å². The lowest BCUT2D eigenvalue weighted by Crippen LogP contribution is -2.31. The number of amides is 2. The van der Waals surface area contributed by atoms with Gasteiger partial charge in [-0.25, -0.2) is 9.59 Å². The predicted molar refractivity (Wildman–Crippen MR) is 80.1 cm³/mol. The number of carbonyl (C=O) groups is 1. The molecule has 0 aromatic carbocycles. The second-order valence-corrected chi connectivity index (χ2v) is 4.48. The third-order valence-electron chi connectivity index (χ3n) is 2.83. The van der Waals surface area contributed by atoms with Gasteiger partial charge in [-0.05, 0) is 30.7 Å². The fraction of sp³-hybridized carbons (Fsp3) is 0.267. The van der Waals surface area contributed by atoms with Crippen molar-refractivity contribution in [2.24, 2.45) is 0 Å². The van der Waals surface area contributed by atoms with E-state index in [0.717, 1.165) is 12.8 Å². The van der Waals surface area contributed by atoms with Gasteiger partial charge in [-0.3, -0.25) is 4.98 Å². The first-order valence-corrected chi connectivity index (χ1v) is 6.80. The summed E-state index contributed by atoms with van der Waals surface area (Å²) >= 11 is 0. The highest BCUT2D eigenvalue weighted by molar-refractivity contribution is 5.88. The Balaban J connectivity index is 2.06. The molecular weight excluding hydrogens is 270 g/mol. The molecule has 21 heavy (non-hydrogen) atoms. The molecule has 0 aliphatic rings. The van der Waals surface area contributed by atoms with Crippen LogP contribution in [0.5, 0.6) is 0 Å². The molecule has 0 saturated carbocycles. The first kappa shape index (κ1) is 14.8. The van der Waals surface area contributed by atoms with E-state index in [1.54, 1.807) is 30.6 Å². The van der Waals surface area contributed by atoms with Crippen molar-refractivity contribution >= 4 is 11.7 Å². The minimum atomic E-state index is -0.595. The van der Waals surface area contributed by atoms with Crippen molar-refractivity contribution in [2.75, 3.05) is 11.9 Å². The van der Waals surface area contributed by atoms with Crippen LogP contribution in [0.2, 0.25) is 0 Å². The van der Waals surface area contributed by atoms with Crippen molar-refractivity contribution in [3.05, 3.63) is 47.1 Å². The Hall–Kier alpha value is -2.63. The van der Waals surface area contributed by atoms with E-state index in [-0.39, 0.29) is 5.69 Å².